The molecule has 98 valence electrons. The van der Waals surface area contributed by atoms with E-state index in [9.17, 15) is 0 Å². The van der Waals surface area contributed by atoms with Gasteiger partial charge in [0.25, 0.3) is 0 Å². The number of hydrogen-bond donors (Lipinski definition) is 2. The van der Waals surface area contributed by atoms with Crippen LogP contribution in [0.5, 0.6) is 0 Å². The van der Waals surface area contributed by atoms with Crippen molar-refractivity contribution in [3.8, 4) is 23.6 Å². The fraction of sp³-hybridized carbons (Fsp3) is 0.286. The highest BCUT2D eigenvalue weighted by Gasteiger charge is 2.08. The average Bonchev–Trinajstić information content (AvgIpc) is 2.92. The van der Waals surface area contributed by atoms with Crippen molar-refractivity contribution in [2.45, 2.75) is 6.54 Å². The number of nitrogens with one attached hydrogen (secondary N) is 2. The molecule has 0 atom stereocenters. The Morgan fingerprint density at radius 2 is 2.11 bits per heavy atom. The minimum Gasteiger partial charge on any atom is -0.310 e. The van der Waals surface area contributed by atoms with Gasteiger partial charge in [-0.1, -0.05) is 36.3 Å². The maximum atomic E-state index is 5.19. The Morgan fingerprint density at radius 1 is 1.26 bits per heavy atom. The van der Waals surface area contributed by atoms with Crippen LogP contribution in [0.3, 0.4) is 0 Å². The van der Waals surface area contributed by atoms with Crippen molar-refractivity contribution in [1.29, 1.82) is 0 Å². The number of hydrogen-bond acceptors (Lipinski definition) is 4. The van der Waals surface area contributed by atoms with Crippen molar-refractivity contribution in [2.75, 3.05) is 18.1 Å². The minimum atomic E-state index is 0.706. The number of aromatic nitrogens is 3. The summed E-state index contributed by atoms with van der Waals surface area (Å²) in [5, 5.41) is 14.4. The van der Waals surface area contributed by atoms with Crippen LogP contribution in [-0.2, 0) is 6.54 Å². The van der Waals surface area contributed by atoms with Crippen molar-refractivity contribution in [3.05, 3.63) is 36.0 Å². The molecule has 0 saturated heterocycles. The van der Waals surface area contributed by atoms with E-state index in [1.807, 2.05) is 30.3 Å². The van der Waals surface area contributed by atoms with Gasteiger partial charge in [0.15, 0.2) is 0 Å². The van der Waals surface area contributed by atoms with Crippen LogP contribution in [0, 0.1) is 12.3 Å². The van der Waals surface area contributed by atoms with Gasteiger partial charge in [-0.3, -0.25) is 0 Å². The highest BCUT2D eigenvalue weighted by molar-refractivity contribution is 7.99. The maximum Gasteiger partial charge on any atom is 0.117 e. The zero-order valence-corrected chi connectivity index (χ0v) is 11.4. The molecule has 2 N–H and O–H groups in total. The van der Waals surface area contributed by atoms with Gasteiger partial charge >= 0.3 is 0 Å². The van der Waals surface area contributed by atoms with Gasteiger partial charge < -0.3 is 5.32 Å². The molecule has 0 aliphatic rings. The van der Waals surface area contributed by atoms with Crippen LogP contribution in [0.1, 0.15) is 5.69 Å². The second kappa shape index (κ2) is 7.62. The van der Waals surface area contributed by atoms with E-state index < -0.39 is 0 Å². The Kier molecular flexibility index (Phi) is 5.48. The van der Waals surface area contributed by atoms with Gasteiger partial charge in [0, 0.05) is 24.4 Å². The first-order valence-electron chi connectivity index (χ1n) is 6.09. The SMILES string of the molecule is C#CCSCCNCc1n[nH]nc1-c1ccccc1. The molecule has 1 aromatic heterocycles. The highest BCUT2D eigenvalue weighted by atomic mass is 32.2. The molecule has 0 amide bonds. The van der Waals surface area contributed by atoms with Crippen LogP contribution in [0.4, 0.5) is 0 Å². The number of H-pyrrole nitrogens is 1. The lowest BCUT2D eigenvalue weighted by Gasteiger charge is -2.03. The first kappa shape index (κ1) is 13.7. The van der Waals surface area contributed by atoms with Gasteiger partial charge in [-0.25, -0.2) is 0 Å². The van der Waals surface area contributed by atoms with E-state index in [-0.39, 0.29) is 0 Å². The largest absolute Gasteiger partial charge is 0.310 e. The Labute approximate surface area is 117 Å². The number of benzene rings is 1. The molecule has 0 bridgehead atoms. The van der Waals surface area contributed by atoms with Crippen LogP contribution in [0.25, 0.3) is 11.3 Å². The molecule has 2 rings (SSSR count). The zero-order chi connectivity index (χ0) is 13.3. The van der Waals surface area contributed by atoms with E-state index in [0.29, 0.717) is 6.54 Å². The van der Waals surface area contributed by atoms with Gasteiger partial charge in [-0.05, 0) is 0 Å². The predicted octanol–water partition coefficient (Wildman–Crippen LogP) is 1.93. The second-order valence-electron chi connectivity index (χ2n) is 3.92. The lowest BCUT2D eigenvalue weighted by molar-refractivity contribution is 0.712. The maximum absolute atomic E-state index is 5.19. The summed E-state index contributed by atoms with van der Waals surface area (Å²) in [7, 11) is 0. The fourth-order valence-corrected chi connectivity index (χ4v) is 2.24. The summed E-state index contributed by atoms with van der Waals surface area (Å²) in [4.78, 5) is 0. The molecular formula is C14H16N4S. The van der Waals surface area contributed by atoms with Crippen molar-refractivity contribution in [2.24, 2.45) is 0 Å². The monoisotopic (exact) mass is 272 g/mol. The molecule has 0 aliphatic carbocycles. The third-order valence-electron chi connectivity index (χ3n) is 2.57. The van der Waals surface area contributed by atoms with Gasteiger partial charge in [0.05, 0.1) is 5.75 Å². The van der Waals surface area contributed by atoms with Crippen LogP contribution < -0.4 is 5.32 Å². The van der Waals surface area contributed by atoms with E-state index in [0.717, 1.165) is 35.0 Å². The van der Waals surface area contributed by atoms with Crippen molar-refractivity contribution in [1.82, 2.24) is 20.7 Å². The Balaban J connectivity index is 1.85. The molecule has 0 fully saturated rings. The molecule has 2 aromatic rings. The molecule has 0 saturated carbocycles. The minimum absolute atomic E-state index is 0.706. The quantitative estimate of drug-likeness (QED) is 0.597. The summed E-state index contributed by atoms with van der Waals surface area (Å²) in [6.45, 7) is 1.62. The molecule has 4 nitrogen and oxygen atoms in total. The Morgan fingerprint density at radius 3 is 2.89 bits per heavy atom. The van der Waals surface area contributed by atoms with Gasteiger partial charge in [0.2, 0.25) is 0 Å². The third kappa shape index (κ3) is 4.12. The van der Waals surface area contributed by atoms with E-state index in [1.165, 1.54) is 0 Å². The summed E-state index contributed by atoms with van der Waals surface area (Å²) >= 11 is 1.75. The summed E-state index contributed by atoms with van der Waals surface area (Å²) in [6.07, 6.45) is 5.19. The standard InChI is InChI=1S/C14H16N4S/c1-2-9-19-10-8-15-11-13-14(17-18-16-13)12-6-4-3-5-7-12/h1,3-7,15H,8-11H2,(H,16,17,18). The molecular weight excluding hydrogens is 256 g/mol. The van der Waals surface area contributed by atoms with Gasteiger partial charge in [-0.15, -0.1) is 18.2 Å². The Hall–Kier alpha value is -1.77. The first-order valence-corrected chi connectivity index (χ1v) is 7.24. The van der Waals surface area contributed by atoms with Crippen molar-refractivity contribution in [3.63, 3.8) is 0 Å². The van der Waals surface area contributed by atoms with Crippen LogP contribution in [0.15, 0.2) is 30.3 Å². The molecule has 5 heteroatoms. The molecule has 1 aromatic carbocycles. The predicted molar refractivity (Wildman–Crippen MR) is 79.7 cm³/mol. The van der Waals surface area contributed by atoms with E-state index in [1.54, 1.807) is 11.8 Å². The number of rotatable bonds is 7. The highest BCUT2D eigenvalue weighted by Crippen LogP contribution is 2.18. The molecule has 0 radical (unpaired) electrons. The lowest BCUT2D eigenvalue weighted by Crippen LogP contribution is -2.17. The van der Waals surface area contributed by atoms with Crippen LogP contribution in [-0.4, -0.2) is 33.5 Å². The van der Waals surface area contributed by atoms with E-state index in [4.69, 9.17) is 6.42 Å². The molecule has 1 heterocycles. The fourth-order valence-electron chi connectivity index (χ4n) is 1.69. The normalized spacial score (nSPS) is 10.3. The number of aromatic amines is 1. The van der Waals surface area contributed by atoms with Gasteiger partial charge in [-0.2, -0.15) is 15.4 Å². The number of thioether (sulfide) groups is 1. The number of nitrogens with zero attached hydrogens (tertiary/aromatic N) is 2. The summed E-state index contributed by atoms with van der Waals surface area (Å²) in [5.74, 6) is 4.38. The second-order valence-corrected chi connectivity index (χ2v) is 5.02. The first-order chi connectivity index (χ1) is 9.42. The van der Waals surface area contributed by atoms with E-state index >= 15 is 0 Å². The van der Waals surface area contributed by atoms with Crippen LogP contribution in [0.2, 0.25) is 0 Å². The third-order valence-corrected chi connectivity index (χ3v) is 3.43. The number of terminal acetylenes is 1. The molecule has 0 aliphatic heterocycles. The van der Waals surface area contributed by atoms with Gasteiger partial charge in [0.1, 0.15) is 11.4 Å². The summed E-state index contributed by atoms with van der Waals surface area (Å²) < 4.78 is 0. The summed E-state index contributed by atoms with van der Waals surface area (Å²) in [6, 6.07) is 10.0. The molecule has 0 unspecified atom stereocenters. The molecule has 19 heavy (non-hydrogen) atoms. The van der Waals surface area contributed by atoms with Crippen molar-refractivity contribution >= 4 is 11.8 Å². The van der Waals surface area contributed by atoms with Crippen molar-refractivity contribution < 1.29 is 0 Å². The average molecular weight is 272 g/mol. The summed E-state index contributed by atoms with van der Waals surface area (Å²) in [5.41, 5.74) is 2.92. The van der Waals surface area contributed by atoms with E-state index in [2.05, 4.69) is 26.6 Å². The van der Waals surface area contributed by atoms with Crippen LogP contribution >= 0.6 is 11.8 Å². The zero-order valence-electron chi connectivity index (χ0n) is 10.6. The topological polar surface area (TPSA) is 53.6 Å². The molecule has 0 spiro atoms. The lowest BCUT2D eigenvalue weighted by atomic mass is 10.1. The Bertz CT molecular complexity index is 530. The smallest absolute Gasteiger partial charge is 0.117 e.